The van der Waals surface area contributed by atoms with Crippen molar-refractivity contribution in [3.05, 3.63) is 58.1 Å². The van der Waals surface area contributed by atoms with E-state index in [-0.39, 0.29) is 10.8 Å². The van der Waals surface area contributed by atoms with Crippen molar-refractivity contribution in [3.8, 4) is 0 Å². The van der Waals surface area contributed by atoms with Gasteiger partial charge < -0.3 is 5.32 Å². The van der Waals surface area contributed by atoms with Crippen LogP contribution < -0.4 is 10.0 Å². The van der Waals surface area contributed by atoms with Crippen LogP contribution in [0.3, 0.4) is 0 Å². The predicted molar refractivity (Wildman–Crippen MR) is 96.3 cm³/mol. The minimum Gasteiger partial charge on any atom is -0.322 e. The second kappa shape index (κ2) is 7.98. The van der Waals surface area contributed by atoms with E-state index in [0.29, 0.717) is 34.3 Å². The molecule has 128 valence electrons. The van der Waals surface area contributed by atoms with Gasteiger partial charge in [-0.15, -0.1) is 0 Å². The van der Waals surface area contributed by atoms with Crippen molar-refractivity contribution in [2.45, 2.75) is 18.2 Å². The molecule has 0 heterocycles. The highest BCUT2D eigenvalue weighted by atomic mass is 35.5. The summed E-state index contributed by atoms with van der Waals surface area (Å²) in [6.07, 6.45) is 0.704. The Labute approximate surface area is 151 Å². The number of benzene rings is 2. The van der Waals surface area contributed by atoms with Gasteiger partial charge in [-0.05, 0) is 48.9 Å². The number of hydrogen-bond acceptors (Lipinski definition) is 3. The van der Waals surface area contributed by atoms with Crippen molar-refractivity contribution in [1.82, 2.24) is 4.72 Å². The van der Waals surface area contributed by atoms with Crippen molar-refractivity contribution >= 4 is 44.8 Å². The summed E-state index contributed by atoms with van der Waals surface area (Å²) < 4.78 is 26.5. The lowest BCUT2D eigenvalue weighted by Crippen LogP contribution is -2.24. The Morgan fingerprint density at radius 3 is 2.17 bits per heavy atom. The molecule has 2 aromatic rings. The van der Waals surface area contributed by atoms with Crippen LogP contribution in [0.5, 0.6) is 0 Å². The van der Waals surface area contributed by atoms with Crippen LogP contribution in [0.1, 0.15) is 23.7 Å². The molecule has 0 fully saturated rings. The lowest BCUT2D eigenvalue weighted by Gasteiger charge is -2.08. The maximum atomic E-state index is 12.2. The summed E-state index contributed by atoms with van der Waals surface area (Å²) in [5.74, 6) is -0.390. The Bertz CT molecular complexity index is 817. The van der Waals surface area contributed by atoms with Gasteiger partial charge in [0.15, 0.2) is 0 Å². The van der Waals surface area contributed by atoms with Crippen LogP contribution in [0.15, 0.2) is 47.4 Å². The van der Waals surface area contributed by atoms with Crippen molar-refractivity contribution in [2.75, 3.05) is 11.9 Å². The zero-order valence-corrected chi connectivity index (χ0v) is 15.2. The van der Waals surface area contributed by atoms with Crippen molar-refractivity contribution < 1.29 is 13.2 Å². The number of nitrogens with one attached hydrogen (secondary N) is 2. The van der Waals surface area contributed by atoms with Crippen LogP contribution in [0.25, 0.3) is 0 Å². The fraction of sp³-hybridized carbons (Fsp3) is 0.188. The minimum absolute atomic E-state index is 0.139. The van der Waals surface area contributed by atoms with Gasteiger partial charge in [0.05, 0.1) is 4.90 Å². The quantitative estimate of drug-likeness (QED) is 0.789. The summed E-state index contributed by atoms with van der Waals surface area (Å²) in [4.78, 5) is 12.3. The molecule has 2 N–H and O–H groups in total. The predicted octanol–water partition coefficient (Wildman–Crippen LogP) is 3.93. The molecule has 0 atom stereocenters. The summed E-state index contributed by atoms with van der Waals surface area (Å²) in [6.45, 7) is 2.25. The molecular formula is C16H16Cl2N2O3S. The molecule has 0 radical (unpaired) electrons. The van der Waals surface area contributed by atoms with Gasteiger partial charge in [-0.2, -0.15) is 0 Å². The summed E-state index contributed by atoms with van der Waals surface area (Å²) in [5.41, 5.74) is 0.777. The first kappa shape index (κ1) is 18.7. The lowest BCUT2D eigenvalue weighted by atomic mass is 10.2. The van der Waals surface area contributed by atoms with Gasteiger partial charge in [0.2, 0.25) is 10.0 Å². The number of sulfonamides is 1. The Balaban J connectivity index is 2.12. The summed E-state index contributed by atoms with van der Waals surface area (Å²) in [6, 6.07) is 10.4. The summed E-state index contributed by atoms with van der Waals surface area (Å²) in [5, 5.41) is 3.38. The number of halogens is 2. The van der Waals surface area contributed by atoms with Crippen molar-refractivity contribution in [2.24, 2.45) is 0 Å². The molecule has 24 heavy (non-hydrogen) atoms. The van der Waals surface area contributed by atoms with Gasteiger partial charge in [0.25, 0.3) is 5.91 Å². The maximum Gasteiger partial charge on any atom is 0.255 e. The molecule has 0 saturated carbocycles. The molecule has 2 rings (SSSR count). The molecule has 0 aliphatic carbocycles. The number of hydrogen-bond donors (Lipinski definition) is 2. The molecule has 0 saturated heterocycles. The van der Waals surface area contributed by atoms with E-state index in [1.807, 2.05) is 6.92 Å². The average molecular weight is 387 g/mol. The first-order valence-corrected chi connectivity index (χ1v) is 9.43. The standard InChI is InChI=1S/C16H16Cl2N2O3S/c1-2-7-19-24(22,23)15-5-3-14(4-6-15)20-16(21)11-8-12(17)10-13(18)9-11/h3-6,8-10,19H,2,7H2,1H3,(H,20,21). The van der Waals surface area contributed by atoms with Crippen LogP contribution in [0.4, 0.5) is 5.69 Å². The van der Waals surface area contributed by atoms with Crippen molar-refractivity contribution in [1.29, 1.82) is 0 Å². The minimum atomic E-state index is -3.53. The number of carbonyl (C=O) groups is 1. The second-order valence-corrected chi connectivity index (χ2v) is 7.67. The molecular weight excluding hydrogens is 371 g/mol. The Morgan fingerprint density at radius 2 is 1.62 bits per heavy atom. The van der Waals surface area contributed by atoms with E-state index in [4.69, 9.17) is 23.2 Å². The van der Waals surface area contributed by atoms with Crippen LogP contribution in [-0.4, -0.2) is 20.9 Å². The third-order valence-corrected chi connectivity index (χ3v) is 5.00. The maximum absolute atomic E-state index is 12.2. The van der Waals surface area contributed by atoms with Crippen LogP contribution in [-0.2, 0) is 10.0 Å². The SMILES string of the molecule is CCCNS(=O)(=O)c1ccc(NC(=O)c2cc(Cl)cc(Cl)c2)cc1. The monoisotopic (exact) mass is 386 g/mol. The summed E-state index contributed by atoms with van der Waals surface area (Å²) in [7, 11) is -3.53. The van der Waals surface area contributed by atoms with E-state index in [1.54, 1.807) is 0 Å². The largest absolute Gasteiger partial charge is 0.322 e. The smallest absolute Gasteiger partial charge is 0.255 e. The highest BCUT2D eigenvalue weighted by Gasteiger charge is 2.13. The van der Waals surface area contributed by atoms with Crippen molar-refractivity contribution in [3.63, 3.8) is 0 Å². The Hall–Kier alpha value is -1.60. The highest BCUT2D eigenvalue weighted by Crippen LogP contribution is 2.20. The van der Waals surface area contributed by atoms with E-state index < -0.39 is 10.0 Å². The third kappa shape index (κ3) is 4.95. The Morgan fingerprint density at radius 1 is 1.04 bits per heavy atom. The molecule has 0 aromatic heterocycles. The number of anilines is 1. The van der Waals surface area contributed by atoms with Crippen LogP contribution in [0.2, 0.25) is 10.0 Å². The molecule has 0 spiro atoms. The van der Waals surface area contributed by atoms with Gasteiger partial charge in [-0.25, -0.2) is 13.1 Å². The van der Waals surface area contributed by atoms with E-state index in [9.17, 15) is 13.2 Å². The van der Waals surface area contributed by atoms with Crippen LogP contribution >= 0.6 is 23.2 Å². The first-order valence-electron chi connectivity index (χ1n) is 7.19. The molecule has 0 unspecified atom stereocenters. The Kier molecular flexibility index (Phi) is 6.23. The number of rotatable bonds is 6. The third-order valence-electron chi connectivity index (χ3n) is 3.09. The number of amides is 1. The number of carbonyl (C=O) groups excluding carboxylic acids is 1. The molecule has 0 bridgehead atoms. The van der Waals surface area contributed by atoms with E-state index in [2.05, 4.69) is 10.0 Å². The zero-order valence-electron chi connectivity index (χ0n) is 12.8. The fourth-order valence-electron chi connectivity index (χ4n) is 1.93. The second-order valence-electron chi connectivity index (χ2n) is 5.03. The topological polar surface area (TPSA) is 75.3 Å². The zero-order chi connectivity index (χ0) is 17.7. The van der Waals surface area contributed by atoms with E-state index in [1.165, 1.54) is 42.5 Å². The molecule has 2 aromatic carbocycles. The van der Waals surface area contributed by atoms with Crippen LogP contribution in [0, 0.1) is 0 Å². The van der Waals surface area contributed by atoms with E-state index >= 15 is 0 Å². The normalized spacial score (nSPS) is 11.3. The highest BCUT2D eigenvalue weighted by molar-refractivity contribution is 7.89. The molecule has 0 aliphatic heterocycles. The van der Waals surface area contributed by atoms with Gasteiger partial charge in [-0.1, -0.05) is 30.1 Å². The van der Waals surface area contributed by atoms with E-state index in [0.717, 1.165) is 0 Å². The lowest BCUT2D eigenvalue weighted by molar-refractivity contribution is 0.102. The summed E-state index contributed by atoms with van der Waals surface area (Å²) >= 11 is 11.7. The first-order chi connectivity index (χ1) is 11.3. The van der Waals surface area contributed by atoms with Gasteiger partial charge in [-0.3, -0.25) is 4.79 Å². The molecule has 0 aliphatic rings. The fourth-order valence-corrected chi connectivity index (χ4v) is 3.59. The molecule has 5 nitrogen and oxygen atoms in total. The molecule has 8 heteroatoms. The van der Waals surface area contributed by atoms with Gasteiger partial charge in [0.1, 0.15) is 0 Å². The molecule has 1 amide bonds. The van der Waals surface area contributed by atoms with Gasteiger partial charge >= 0.3 is 0 Å². The average Bonchev–Trinajstić information content (AvgIpc) is 2.52. The van der Waals surface area contributed by atoms with Gasteiger partial charge in [0, 0.05) is 27.8 Å².